The van der Waals surface area contributed by atoms with Gasteiger partial charge in [-0.25, -0.2) is 0 Å². The Balaban J connectivity index is 2.01. The normalized spacial score (nSPS) is 14.2. The lowest BCUT2D eigenvalue weighted by Gasteiger charge is -2.27. The van der Waals surface area contributed by atoms with Gasteiger partial charge < -0.3 is 15.3 Å². The van der Waals surface area contributed by atoms with Crippen LogP contribution in [0.25, 0.3) is 0 Å². The molecule has 2 amide bonds. The zero-order valence-electron chi connectivity index (χ0n) is 14.1. The molecule has 0 atom stereocenters. The number of nitrogens with zero attached hydrogens (tertiary/aromatic N) is 1. The maximum absolute atomic E-state index is 12.7. The van der Waals surface area contributed by atoms with Gasteiger partial charge in [-0.3, -0.25) is 14.4 Å². The maximum atomic E-state index is 12.7. The SMILES string of the molecule is O=C(O)CCCCC(=O)Nc1cc(Cl)ccc1C(=O)N1CCCCC1. The molecule has 0 unspecified atom stereocenters. The standard InChI is InChI=1S/C18H23ClN2O4/c19-13-8-9-14(18(25)21-10-4-1-5-11-21)15(12-13)20-16(22)6-2-3-7-17(23)24/h8-9,12H,1-7,10-11H2,(H,20,22)(H,23,24). The molecule has 0 bridgehead atoms. The maximum Gasteiger partial charge on any atom is 0.303 e. The fourth-order valence-electron chi connectivity index (χ4n) is 2.85. The summed E-state index contributed by atoms with van der Waals surface area (Å²) in [4.78, 5) is 37.1. The van der Waals surface area contributed by atoms with Gasteiger partial charge in [0.15, 0.2) is 0 Å². The highest BCUT2D eigenvalue weighted by atomic mass is 35.5. The van der Waals surface area contributed by atoms with Crippen molar-refractivity contribution < 1.29 is 19.5 Å². The highest BCUT2D eigenvalue weighted by Gasteiger charge is 2.21. The monoisotopic (exact) mass is 366 g/mol. The van der Waals surface area contributed by atoms with Gasteiger partial charge in [0.05, 0.1) is 11.3 Å². The summed E-state index contributed by atoms with van der Waals surface area (Å²) in [7, 11) is 0. The number of unbranched alkanes of at least 4 members (excludes halogenated alkanes) is 1. The number of hydrogen-bond acceptors (Lipinski definition) is 3. The van der Waals surface area contributed by atoms with E-state index in [1.54, 1.807) is 23.1 Å². The zero-order chi connectivity index (χ0) is 18.2. The number of aliphatic carboxylic acids is 1. The fourth-order valence-corrected chi connectivity index (χ4v) is 3.02. The average molecular weight is 367 g/mol. The van der Waals surface area contributed by atoms with Gasteiger partial charge in [-0.15, -0.1) is 0 Å². The van der Waals surface area contributed by atoms with E-state index in [1.165, 1.54) is 0 Å². The summed E-state index contributed by atoms with van der Waals surface area (Å²) in [6.07, 6.45) is 4.28. The smallest absolute Gasteiger partial charge is 0.303 e. The second-order valence-corrected chi connectivity index (χ2v) is 6.63. The quantitative estimate of drug-likeness (QED) is 0.722. The topological polar surface area (TPSA) is 86.7 Å². The largest absolute Gasteiger partial charge is 0.481 e. The van der Waals surface area contributed by atoms with Crippen LogP contribution in [0.5, 0.6) is 0 Å². The second kappa shape index (κ2) is 9.42. The number of benzene rings is 1. The predicted octanol–water partition coefficient (Wildman–Crippen LogP) is 3.55. The zero-order valence-corrected chi connectivity index (χ0v) is 14.8. The Kier molecular flexibility index (Phi) is 7.25. The van der Waals surface area contributed by atoms with Crippen LogP contribution in [0.15, 0.2) is 18.2 Å². The van der Waals surface area contributed by atoms with E-state index in [4.69, 9.17) is 16.7 Å². The molecule has 0 aliphatic carbocycles. The lowest BCUT2D eigenvalue weighted by atomic mass is 10.1. The third-order valence-electron chi connectivity index (χ3n) is 4.17. The van der Waals surface area contributed by atoms with Gasteiger partial charge in [-0.1, -0.05) is 11.6 Å². The Morgan fingerprint density at radius 1 is 1.08 bits per heavy atom. The third kappa shape index (κ3) is 6.05. The number of carboxylic acid groups (broad SMARTS) is 1. The van der Waals surface area contributed by atoms with E-state index in [0.29, 0.717) is 29.1 Å². The molecule has 1 heterocycles. The van der Waals surface area contributed by atoms with E-state index in [-0.39, 0.29) is 24.7 Å². The summed E-state index contributed by atoms with van der Waals surface area (Å²) in [5, 5.41) is 11.8. The number of anilines is 1. The Bertz CT molecular complexity index is 642. The predicted molar refractivity (Wildman–Crippen MR) is 95.9 cm³/mol. The van der Waals surface area contributed by atoms with Gasteiger partial charge in [-0.05, 0) is 50.3 Å². The van der Waals surface area contributed by atoms with E-state index in [0.717, 1.165) is 32.4 Å². The minimum atomic E-state index is -0.871. The first-order valence-corrected chi connectivity index (χ1v) is 8.95. The van der Waals surface area contributed by atoms with E-state index in [9.17, 15) is 14.4 Å². The summed E-state index contributed by atoms with van der Waals surface area (Å²) >= 11 is 6.01. The van der Waals surface area contributed by atoms with Crippen LogP contribution in [-0.2, 0) is 9.59 Å². The highest BCUT2D eigenvalue weighted by molar-refractivity contribution is 6.31. The molecule has 1 saturated heterocycles. The molecule has 1 aliphatic rings. The van der Waals surface area contributed by atoms with E-state index in [2.05, 4.69) is 5.32 Å². The molecule has 2 rings (SSSR count). The van der Waals surface area contributed by atoms with Crippen molar-refractivity contribution in [2.24, 2.45) is 0 Å². The van der Waals surface area contributed by atoms with Crippen LogP contribution >= 0.6 is 11.6 Å². The molecular weight excluding hydrogens is 344 g/mol. The average Bonchev–Trinajstić information content (AvgIpc) is 2.59. The molecule has 136 valence electrons. The van der Waals surface area contributed by atoms with Crippen LogP contribution in [0.3, 0.4) is 0 Å². The molecule has 7 heteroatoms. The number of carbonyl (C=O) groups excluding carboxylic acids is 2. The van der Waals surface area contributed by atoms with Crippen molar-refractivity contribution in [3.63, 3.8) is 0 Å². The number of carbonyl (C=O) groups is 3. The molecule has 0 spiro atoms. The fraction of sp³-hybridized carbons (Fsp3) is 0.500. The third-order valence-corrected chi connectivity index (χ3v) is 4.41. The van der Waals surface area contributed by atoms with Crippen LogP contribution in [0.4, 0.5) is 5.69 Å². The van der Waals surface area contributed by atoms with Gasteiger partial charge in [0.2, 0.25) is 5.91 Å². The molecule has 25 heavy (non-hydrogen) atoms. The van der Waals surface area contributed by atoms with Crippen LogP contribution in [0.2, 0.25) is 5.02 Å². The highest BCUT2D eigenvalue weighted by Crippen LogP contribution is 2.24. The van der Waals surface area contributed by atoms with Crippen LogP contribution in [0.1, 0.15) is 55.3 Å². The first-order chi connectivity index (χ1) is 12.0. The minimum absolute atomic E-state index is 0.0448. The Hall–Kier alpha value is -2.08. The van der Waals surface area contributed by atoms with Crippen molar-refractivity contribution in [1.29, 1.82) is 0 Å². The van der Waals surface area contributed by atoms with E-state index < -0.39 is 5.97 Å². The number of amides is 2. The molecular formula is C18H23ClN2O4. The summed E-state index contributed by atoms with van der Waals surface area (Å²) < 4.78 is 0. The Morgan fingerprint density at radius 3 is 2.44 bits per heavy atom. The van der Waals surface area contributed by atoms with Crippen molar-refractivity contribution in [1.82, 2.24) is 4.90 Å². The number of rotatable bonds is 7. The van der Waals surface area contributed by atoms with Crippen LogP contribution in [0, 0.1) is 0 Å². The number of hydrogen-bond donors (Lipinski definition) is 2. The van der Waals surface area contributed by atoms with Crippen molar-refractivity contribution in [2.45, 2.75) is 44.9 Å². The Morgan fingerprint density at radius 2 is 1.76 bits per heavy atom. The first kappa shape index (κ1) is 19.2. The molecule has 2 N–H and O–H groups in total. The van der Waals surface area contributed by atoms with Crippen molar-refractivity contribution in [2.75, 3.05) is 18.4 Å². The molecule has 1 aromatic rings. The van der Waals surface area contributed by atoms with Crippen LogP contribution < -0.4 is 5.32 Å². The first-order valence-electron chi connectivity index (χ1n) is 8.58. The van der Waals surface area contributed by atoms with Gasteiger partial charge in [0.25, 0.3) is 5.91 Å². The summed E-state index contributed by atoms with van der Waals surface area (Å²) in [6.45, 7) is 1.45. The van der Waals surface area contributed by atoms with Crippen LogP contribution in [-0.4, -0.2) is 40.9 Å². The van der Waals surface area contributed by atoms with Gasteiger partial charge in [0.1, 0.15) is 0 Å². The number of piperidine rings is 1. The summed E-state index contributed by atoms with van der Waals surface area (Å²) in [6, 6.07) is 4.86. The summed E-state index contributed by atoms with van der Waals surface area (Å²) in [5.41, 5.74) is 0.844. The lowest BCUT2D eigenvalue weighted by molar-refractivity contribution is -0.137. The molecule has 0 aromatic heterocycles. The van der Waals surface area contributed by atoms with E-state index >= 15 is 0 Å². The molecule has 1 fully saturated rings. The van der Waals surface area contributed by atoms with Gasteiger partial charge in [-0.2, -0.15) is 0 Å². The molecule has 1 aliphatic heterocycles. The number of nitrogens with one attached hydrogen (secondary N) is 1. The number of carboxylic acids is 1. The minimum Gasteiger partial charge on any atom is -0.481 e. The second-order valence-electron chi connectivity index (χ2n) is 6.19. The lowest BCUT2D eigenvalue weighted by Crippen LogP contribution is -2.36. The number of likely N-dealkylation sites (tertiary alicyclic amines) is 1. The molecule has 6 nitrogen and oxygen atoms in total. The van der Waals surface area contributed by atoms with Gasteiger partial charge in [0, 0.05) is 31.0 Å². The summed E-state index contributed by atoms with van der Waals surface area (Å²) in [5.74, 6) is -1.22. The van der Waals surface area contributed by atoms with Gasteiger partial charge >= 0.3 is 5.97 Å². The van der Waals surface area contributed by atoms with Crippen molar-refractivity contribution >= 4 is 35.1 Å². The van der Waals surface area contributed by atoms with Crippen molar-refractivity contribution in [3.8, 4) is 0 Å². The van der Waals surface area contributed by atoms with Crippen molar-refractivity contribution in [3.05, 3.63) is 28.8 Å². The molecule has 0 radical (unpaired) electrons. The number of halogens is 1. The van der Waals surface area contributed by atoms with E-state index in [1.807, 2.05) is 0 Å². The molecule has 0 saturated carbocycles. The Labute approximate surface area is 152 Å². The molecule has 1 aromatic carbocycles.